The van der Waals surface area contributed by atoms with Gasteiger partial charge in [0.25, 0.3) is 0 Å². The van der Waals surface area contributed by atoms with Crippen molar-refractivity contribution in [3.05, 3.63) is 40.4 Å². The van der Waals surface area contributed by atoms with Crippen LogP contribution in [0.2, 0.25) is 0 Å². The van der Waals surface area contributed by atoms with Crippen LogP contribution < -0.4 is 5.32 Å². The van der Waals surface area contributed by atoms with Crippen LogP contribution in [0.25, 0.3) is 10.9 Å². The maximum atomic E-state index is 11.1. The van der Waals surface area contributed by atoms with E-state index in [2.05, 4.69) is 10.3 Å². The average molecular weight is 291 g/mol. The van der Waals surface area contributed by atoms with Crippen LogP contribution in [0.1, 0.15) is 6.42 Å². The van der Waals surface area contributed by atoms with Gasteiger partial charge >= 0.3 is 5.69 Å². The molecule has 0 bridgehead atoms. The predicted octanol–water partition coefficient (Wildman–Crippen LogP) is 1.95. The van der Waals surface area contributed by atoms with Gasteiger partial charge in [-0.25, -0.2) is 4.98 Å². The van der Waals surface area contributed by atoms with E-state index in [1.54, 1.807) is 6.07 Å². The number of hydrogen-bond acceptors (Lipinski definition) is 6. The van der Waals surface area contributed by atoms with Gasteiger partial charge in [-0.05, 0) is 12.5 Å². The summed E-state index contributed by atoms with van der Waals surface area (Å²) in [5, 5.41) is 23.4. The Morgan fingerprint density at radius 3 is 2.90 bits per heavy atom. The fourth-order valence-electron chi connectivity index (χ4n) is 1.88. The van der Waals surface area contributed by atoms with E-state index in [-0.39, 0.29) is 18.1 Å². The number of nitrogens with one attached hydrogen (secondary N) is 1. The number of benzene rings is 1. The van der Waals surface area contributed by atoms with Gasteiger partial charge in [0.05, 0.1) is 17.0 Å². The molecule has 1 heterocycles. The van der Waals surface area contributed by atoms with Crippen LogP contribution >= 0.6 is 0 Å². The van der Waals surface area contributed by atoms with Crippen molar-refractivity contribution < 1.29 is 14.8 Å². The van der Waals surface area contributed by atoms with E-state index < -0.39 is 4.92 Å². The number of para-hydroxylation sites is 1. The van der Waals surface area contributed by atoms with Gasteiger partial charge in [0.1, 0.15) is 0 Å². The van der Waals surface area contributed by atoms with Crippen LogP contribution in [0, 0.1) is 10.1 Å². The Hall–Kier alpha value is -2.25. The van der Waals surface area contributed by atoms with Crippen molar-refractivity contribution >= 4 is 22.4 Å². The highest BCUT2D eigenvalue weighted by molar-refractivity contribution is 5.84. The Balaban J connectivity index is 2.06. The van der Waals surface area contributed by atoms with E-state index in [9.17, 15) is 10.1 Å². The molecule has 0 atom stereocenters. The van der Waals surface area contributed by atoms with E-state index >= 15 is 0 Å². The van der Waals surface area contributed by atoms with Crippen LogP contribution in [0.5, 0.6) is 0 Å². The number of pyridine rings is 1. The Morgan fingerprint density at radius 1 is 1.33 bits per heavy atom. The molecule has 0 fully saturated rings. The Kier molecular flexibility index (Phi) is 5.42. The SMILES string of the molecule is O=[N+]([O-])c1cc2ccccc2nc1NCCOCCCO. The van der Waals surface area contributed by atoms with Crippen LogP contribution in [-0.4, -0.2) is 41.4 Å². The summed E-state index contributed by atoms with van der Waals surface area (Å²) in [4.78, 5) is 14.9. The number of aliphatic hydroxyl groups excluding tert-OH is 1. The highest BCUT2D eigenvalue weighted by atomic mass is 16.6. The molecule has 0 spiro atoms. The normalized spacial score (nSPS) is 10.7. The third-order valence-corrected chi connectivity index (χ3v) is 2.89. The molecule has 0 saturated carbocycles. The number of aromatic nitrogens is 1. The molecule has 1 aromatic carbocycles. The largest absolute Gasteiger partial charge is 0.396 e. The molecule has 0 aliphatic rings. The molecule has 0 aliphatic carbocycles. The lowest BCUT2D eigenvalue weighted by molar-refractivity contribution is -0.384. The number of hydrogen-bond donors (Lipinski definition) is 2. The van der Waals surface area contributed by atoms with Crippen molar-refractivity contribution in [1.82, 2.24) is 4.98 Å². The molecular weight excluding hydrogens is 274 g/mol. The summed E-state index contributed by atoms with van der Waals surface area (Å²) in [6.45, 7) is 1.36. The summed E-state index contributed by atoms with van der Waals surface area (Å²) >= 11 is 0. The third-order valence-electron chi connectivity index (χ3n) is 2.89. The Labute approximate surface area is 121 Å². The van der Waals surface area contributed by atoms with Crippen LogP contribution in [0.4, 0.5) is 11.5 Å². The van der Waals surface area contributed by atoms with Gasteiger partial charge in [-0.3, -0.25) is 10.1 Å². The number of nitrogens with zero attached hydrogens (tertiary/aromatic N) is 2. The van der Waals surface area contributed by atoms with Crippen molar-refractivity contribution in [2.24, 2.45) is 0 Å². The molecule has 7 nitrogen and oxygen atoms in total. The number of ether oxygens (including phenoxy) is 1. The maximum absolute atomic E-state index is 11.1. The standard InChI is InChI=1S/C14H17N3O4/c18-7-3-8-21-9-6-15-14-13(17(19)20)10-11-4-1-2-5-12(11)16-14/h1-2,4-5,10,18H,3,6-9H2,(H,15,16). The first kappa shape index (κ1) is 15.1. The summed E-state index contributed by atoms with van der Waals surface area (Å²) in [6.07, 6.45) is 0.578. The summed E-state index contributed by atoms with van der Waals surface area (Å²) in [6, 6.07) is 8.76. The molecule has 1 aromatic heterocycles. The van der Waals surface area contributed by atoms with E-state index in [0.29, 0.717) is 31.7 Å². The topological polar surface area (TPSA) is 97.5 Å². The zero-order chi connectivity index (χ0) is 15.1. The average Bonchev–Trinajstić information content (AvgIpc) is 2.49. The molecule has 7 heteroatoms. The fraction of sp³-hybridized carbons (Fsp3) is 0.357. The first-order valence-electron chi connectivity index (χ1n) is 6.69. The first-order chi connectivity index (χ1) is 10.2. The highest BCUT2D eigenvalue weighted by Crippen LogP contribution is 2.26. The van der Waals surface area contributed by atoms with Crippen molar-refractivity contribution in [1.29, 1.82) is 0 Å². The predicted molar refractivity (Wildman–Crippen MR) is 79.4 cm³/mol. The minimum atomic E-state index is -0.450. The highest BCUT2D eigenvalue weighted by Gasteiger charge is 2.16. The number of rotatable bonds is 8. The monoisotopic (exact) mass is 291 g/mol. The van der Waals surface area contributed by atoms with Crippen LogP contribution in [-0.2, 0) is 4.74 Å². The van der Waals surface area contributed by atoms with Crippen LogP contribution in [0.3, 0.4) is 0 Å². The van der Waals surface area contributed by atoms with Crippen molar-refractivity contribution in [2.75, 3.05) is 31.7 Å². The zero-order valence-electron chi connectivity index (χ0n) is 11.5. The molecule has 21 heavy (non-hydrogen) atoms. The zero-order valence-corrected chi connectivity index (χ0v) is 11.5. The lowest BCUT2D eigenvalue weighted by Crippen LogP contribution is -2.12. The molecular formula is C14H17N3O4. The Morgan fingerprint density at radius 2 is 2.14 bits per heavy atom. The summed E-state index contributed by atoms with van der Waals surface area (Å²) in [5.41, 5.74) is 0.649. The lowest BCUT2D eigenvalue weighted by Gasteiger charge is -2.08. The van der Waals surface area contributed by atoms with Gasteiger partial charge in [-0.15, -0.1) is 0 Å². The van der Waals surface area contributed by atoms with Gasteiger partial charge < -0.3 is 15.2 Å². The number of nitro groups is 1. The fourth-order valence-corrected chi connectivity index (χ4v) is 1.88. The second kappa shape index (κ2) is 7.51. The second-order valence-corrected chi connectivity index (χ2v) is 4.42. The van der Waals surface area contributed by atoms with Gasteiger partial charge in [0.15, 0.2) is 0 Å². The third kappa shape index (κ3) is 4.11. The maximum Gasteiger partial charge on any atom is 0.312 e. The summed E-state index contributed by atoms with van der Waals surface area (Å²) < 4.78 is 5.26. The number of anilines is 1. The minimum Gasteiger partial charge on any atom is -0.396 e. The van der Waals surface area contributed by atoms with Crippen molar-refractivity contribution in [3.63, 3.8) is 0 Å². The smallest absolute Gasteiger partial charge is 0.312 e. The second-order valence-electron chi connectivity index (χ2n) is 4.42. The first-order valence-corrected chi connectivity index (χ1v) is 6.69. The number of fused-ring (bicyclic) bond motifs is 1. The lowest BCUT2D eigenvalue weighted by atomic mass is 10.2. The molecule has 2 aromatic rings. The van der Waals surface area contributed by atoms with Crippen LogP contribution in [0.15, 0.2) is 30.3 Å². The van der Waals surface area contributed by atoms with E-state index in [1.807, 2.05) is 18.2 Å². The molecule has 0 radical (unpaired) electrons. The van der Waals surface area contributed by atoms with Gasteiger partial charge in [-0.2, -0.15) is 0 Å². The molecule has 2 N–H and O–H groups in total. The van der Waals surface area contributed by atoms with Gasteiger partial charge in [-0.1, -0.05) is 18.2 Å². The summed E-state index contributed by atoms with van der Waals surface area (Å²) in [7, 11) is 0. The van der Waals surface area contributed by atoms with Gasteiger partial charge in [0.2, 0.25) is 5.82 Å². The molecule has 0 aliphatic heterocycles. The van der Waals surface area contributed by atoms with E-state index in [4.69, 9.17) is 9.84 Å². The number of aliphatic hydroxyl groups is 1. The molecule has 0 amide bonds. The molecule has 2 rings (SSSR count). The molecule has 0 saturated heterocycles. The molecule has 0 unspecified atom stereocenters. The Bertz CT molecular complexity index is 618. The quantitative estimate of drug-likeness (QED) is 0.438. The van der Waals surface area contributed by atoms with Crippen molar-refractivity contribution in [3.8, 4) is 0 Å². The van der Waals surface area contributed by atoms with Gasteiger partial charge in [0, 0.05) is 31.2 Å². The van der Waals surface area contributed by atoms with Crippen molar-refractivity contribution in [2.45, 2.75) is 6.42 Å². The van der Waals surface area contributed by atoms with E-state index in [0.717, 1.165) is 5.39 Å². The van der Waals surface area contributed by atoms with E-state index in [1.165, 1.54) is 6.07 Å². The summed E-state index contributed by atoms with van der Waals surface area (Å²) in [5.74, 6) is 0.240. The molecule has 112 valence electrons. The minimum absolute atomic E-state index is 0.0518.